The van der Waals surface area contributed by atoms with Crippen molar-refractivity contribution in [2.24, 2.45) is 0 Å². The Bertz CT molecular complexity index is 219. The summed E-state index contributed by atoms with van der Waals surface area (Å²) in [6.07, 6.45) is 1.53. The molecular weight excluding hydrogens is 132 g/mol. The Morgan fingerprint density at radius 2 is 2.40 bits per heavy atom. The maximum atomic E-state index is 5.37. The SMILES string of the molecule is CCOn1cc(N)nc1N. The van der Waals surface area contributed by atoms with Gasteiger partial charge in [-0.25, -0.2) is 0 Å². The Labute approximate surface area is 58.5 Å². The first-order valence-electron chi connectivity index (χ1n) is 2.97. The molecule has 0 spiro atoms. The topological polar surface area (TPSA) is 79.1 Å². The van der Waals surface area contributed by atoms with Gasteiger partial charge >= 0.3 is 0 Å². The number of hydrogen-bond acceptors (Lipinski definition) is 4. The summed E-state index contributed by atoms with van der Waals surface area (Å²) in [7, 11) is 0. The second kappa shape index (κ2) is 2.47. The van der Waals surface area contributed by atoms with Crippen molar-refractivity contribution in [3.8, 4) is 0 Å². The van der Waals surface area contributed by atoms with Crippen molar-refractivity contribution in [3.63, 3.8) is 0 Å². The molecule has 1 aromatic heterocycles. The van der Waals surface area contributed by atoms with Crippen LogP contribution in [0.15, 0.2) is 6.20 Å². The van der Waals surface area contributed by atoms with E-state index < -0.39 is 0 Å². The van der Waals surface area contributed by atoms with E-state index in [1.165, 1.54) is 10.9 Å². The fourth-order valence-electron chi connectivity index (χ4n) is 0.639. The van der Waals surface area contributed by atoms with Crippen molar-refractivity contribution in [1.82, 2.24) is 9.71 Å². The minimum absolute atomic E-state index is 0.277. The molecule has 0 bridgehead atoms. The van der Waals surface area contributed by atoms with Crippen molar-refractivity contribution >= 4 is 11.8 Å². The van der Waals surface area contributed by atoms with Crippen LogP contribution in [0.5, 0.6) is 0 Å². The molecule has 10 heavy (non-hydrogen) atoms. The summed E-state index contributed by atoms with van der Waals surface area (Å²) in [6, 6.07) is 0. The number of imidazole rings is 1. The molecule has 0 aliphatic rings. The van der Waals surface area contributed by atoms with E-state index in [-0.39, 0.29) is 5.95 Å². The van der Waals surface area contributed by atoms with Gasteiger partial charge in [-0.2, -0.15) is 9.71 Å². The minimum atomic E-state index is 0.277. The summed E-state index contributed by atoms with van der Waals surface area (Å²) >= 11 is 0. The molecule has 0 radical (unpaired) electrons. The Hall–Kier alpha value is -1.39. The number of nitrogen functional groups attached to an aromatic ring is 2. The molecule has 0 saturated carbocycles. The van der Waals surface area contributed by atoms with Crippen LogP contribution in [0.25, 0.3) is 0 Å². The van der Waals surface area contributed by atoms with Crippen LogP contribution in [0.1, 0.15) is 6.92 Å². The molecule has 56 valence electrons. The fourth-order valence-corrected chi connectivity index (χ4v) is 0.639. The molecule has 4 N–H and O–H groups in total. The Morgan fingerprint density at radius 1 is 1.70 bits per heavy atom. The molecule has 0 fully saturated rings. The van der Waals surface area contributed by atoms with Crippen LogP contribution in [0.3, 0.4) is 0 Å². The van der Waals surface area contributed by atoms with Gasteiger partial charge in [-0.1, -0.05) is 0 Å². The summed E-state index contributed by atoms with van der Waals surface area (Å²) in [4.78, 5) is 8.73. The lowest BCUT2D eigenvalue weighted by Gasteiger charge is -2.01. The maximum absolute atomic E-state index is 5.37. The van der Waals surface area contributed by atoms with E-state index in [0.717, 1.165) is 0 Å². The van der Waals surface area contributed by atoms with Crippen molar-refractivity contribution in [3.05, 3.63) is 6.20 Å². The van der Waals surface area contributed by atoms with Crippen LogP contribution < -0.4 is 16.3 Å². The number of anilines is 2. The van der Waals surface area contributed by atoms with Gasteiger partial charge in [0.2, 0.25) is 5.95 Å². The molecule has 1 rings (SSSR count). The number of nitrogens with two attached hydrogens (primary N) is 2. The Kier molecular flexibility index (Phi) is 1.66. The molecule has 0 unspecified atom stereocenters. The third-order valence-corrected chi connectivity index (χ3v) is 0.987. The third kappa shape index (κ3) is 1.12. The van der Waals surface area contributed by atoms with E-state index in [0.29, 0.717) is 12.4 Å². The summed E-state index contributed by atoms with van der Waals surface area (Å²) in [5.74, 6) is 0.644. The van der Waals surface area contributed by atoms with Crippen molar-refractivity contribution < 1.29 is 4.84 Å². The van der Waals surface area contributed by atoms with Crippen LogP contribution in [-0.4, -0.2) is 16.3 Å². The van der Waals surface area contributed by atoms with Crippen LogP contribution in [0.2, 0.25) is 0 Å². The Balaban J connectivity index is 2.81. The average Bonchev–Trinajstić information content (AvgIpc) is 2.13. The summed E-state index contributed by atoms with van der Waals surface area (Å²) in [5, 5.41) is 0. The van der Waals surface area contributed by atoms with Gasteiger partial charge in [-0.15, -0.1) is 0 Å². The van der Waals surface area contributed by atoms with Gasteiger partial charge in [0, 0.05) is 0 Å². The first-order chi connectivity index (χ1) is 4.74. The molecule has 1 heterocycles. The van der Waals surface area contributed by atoms with E-state index in [2.05, 4.69) is 4.98 Å². The zero-order chi connectivity index (χ0) is 7.56. The number of hydrogen-bond donors (Lipinski definition) is 2. The molecule has 0 aromatic carbocycles. The lowest BCUT2D eigenvalue weighted by Crippen LogP contribution is -2.12. The fraction of sp³-hybridized carbons (Fsp3) is 0.400. The predicted octanol–water partition coefficient (Wildman–Crippen LogP) is -0.504. The first-order valence-corrected chi connectivity index (χ1v) is 2.97. The molecule has 0 atom stereocenters. The first kappa shape index (κ1) is 6.73. The van der Waals surface area contributed by atoms with Crippen LogP contribution in [-0.2, 0) is 0 Å². The number of rotatable bonds is 2. The van der Waals surface area contributed by atoms with E-state index in [1.807, 2.05) is 6.92 Å². The van der Waals surface area contributed by atoms with E-state index in [1.54, 1.807) is 0 Å². The molecule has 5 heteroatoms. The summed E-state index contributed by atoms with van der Waals surface area (Å²) < 4.78 is 1.34. The molecule has 0 aliphatic carbocycles. The lowest BCUT2D eigenvalue weighted by molar-refractivity contribution is 0.127. The number of nitrogens with zero attached hydrogens (tertiary/aromatic N) is 2. The summed E-state index contributed by atoms with van der Waals surface area (Å²) in [5.41, 5.74) is 10.7. The predicted molar refractivity (Wildman–Crippen MR) is 38.2 cm³/mol. The molecule has 0 aliphatic heterocycles. The monoisotopic (exact) mass is 142 g/mol. The Morgan fingerprint density at radius 3 is 2.80 bits per heavy atom. The van der Waals surface area contributed by atoms with E-state index in [9.17, 15) is 0 Å². The zero-order valence-corrected chi connectivity index (χ0v) is 5.74. The summed E-state index contributed by atoms with van der Waals surface area (Å²) in [6.45, 7) is 2.40. The smallest absolute Gasteiger partial charge is 0.236 e. The second-order valence-electron chi connectivity index (χ2n) is 1.77. The highest BCUT2D eigenvalue weighted by molar-refractivity contribution is 5.33. The highest BCUT2D eigenvalue weighted by Gasteiger charge is 1.99. The maximum Gasteiger partial charge on any atom is 0.236 e. The van der Waals surface area contributed by atoms with Crippen LogP contribution in [0.4, 0.5) is 11.8 Å². The minimum Gasteiger partial charge on any atom is -0.411 e. The standard InChI is InChI=1S/C5H10N4O/c1-2-10-9-3-4(6)8-5(9)7/h3H,2,6H2,1H3,(H2,7,8). The second-order valence-corrected chi connectivity index (χ2v) is 1.77. The average molecular weight is 142 g/mol. The lowest BCUT2D eigenvalue weighted by atomic mass is 10.8. The zero-order valence-electron chi connectivity index (χ0n) is 5.74. The molecule has 1 aromatic rings. The largest absolute Gasteiger partial charge is 0.411 e. The molecule has 0 amide bonds. The van der Waals surface area contributed by atoms with Crippen molar-refractivity contribution in [2.45, 2.75) is 6.92 Å². The molecular formula is C5H10N4O. The highest BCUT2D eigenvalue weighted by Crippen LogP contribution is 2.02. The van der Waals surface area contributed by atoms with Gasteiger partial charge in [0.25, 0.3) is 0 Å². The number of aromatic nitrogens is 2. The normalized spacial score (nSPS) is 9.70. The molecule has 0 saturated heterocycles. The third-order valence-electron chi connectivity index (χ3n) is 0.987. The van der Waals surface area contributed by atoms with E-state index >= 15 is 0 Å². The van der Waals surface area contributed by atoms with Gasteiger partial charge in [0.1, 0.15) is 12.4 Å². The quantitative estimate of drug-likeness (QED) is 0.583. The highest BCUT2D eigenvalue weighted by atomic mass is 16.7. The van der Waals surface area contributed by atoms with Crippen molar-refractivity contribution in [1.29, 1.82) is 0 Å². The molecule has 5 nitrogen and oxygen atoms in total. The van der Waals surface area contributed by atoms with Crippen LogP contribution in [0, 0.1) is 0 Å². The van der Waals surface area contributed by atoms with Crippen LogP contribution >= 0.6 is 0 Å². The van der Waals surface area contributed by atoms with Gasteiger partial charge in [-0.3, -0.25) is 0 Å². The van der Waals surface area contributed by atoms with Crippen molar-refractivity contribution in [2.75, 3.05) is 18.1 Å². The van der Waals surface area contributed by atoms with Gasteiger partial charge < -0.3 is 16.3 Å². The van der Waals surface area contributed by atoms with Gasteiger partial charge in [0.15, 0.2) is 0 Å². The van der Waals surface area contributed by atoms with Gasteiger partial charge in [-0.05, 0) is 6.92 Å². The van der Waals surface area contributed by atoms with E-state index in [4.69, 9.17) is 16.3 Å². The van der Waals surface area contributed by atoms with Gasteiger partial charge in [0.05, 0.1) is 6.20 Å².